The Morgan fingerprint density at radius 3 is 2.57 bits per heavy atom. The summed E-state index contributed by atoms with van der Waals surface area (Å²) in [6.07, 6.45) is 2.62. The van der Waals surface area contributed by atoms with Crippen LogP contribution < -0.4 is 5.73 Å². The van der Waals surface area contributed by atoms with Gasteiger partial charge in [-0.15, -0.1) is 0 Å². The molecule has 1 aromatic heterocycles. The zero-order chi connectivity index (χ0) is 17.6. The lowest BCUT2D eigenvalue weighted by Gasteiger charge is -2.16. The van der Waals surface area contributed by atoms with Gasteiger partial charge in [0, 0.05) is 32.6 Å². The Morgan fingerprint density at radius 1 is 1.39 bits per heavy atom. The second-order valence-electron chi connectivity index (χ2n) is 7.33. The van der Waals surface area contributed by atoms with Gasteiger partial charge in [0.2, 0.25) is 0 Å². The quantitative estimate of drug-likeness (QED) is 0.426. The predicted octanol–water partition coefficient (Wildman–Crippen LogP) is 3.18. The van der Waals surface area contributed by atoms with Crippen LogP contribution in [0.5, 0.6) is 0 Å². The van der Waals surface area contributed by atoms with Crippen LogP contribution in [0.3, 0.4) is 0 Å². The first-order chi connectivity index (χ1) is 10.7. The second-order valence-corrected chi connectivity index (χ2v) is 13.0. The fourth-order valence-electron chi connectivity index (χ4n) is 2.38. The molecule has 1 rings (SSSR count). The van der Waals surface area contributed by atoms with Gasteiger partial charge in [-0.25, -0.2) is 4.79 Å². The fraction of sp³-hybridized carbons (Fsp3) is 0.706. The Morgan fingerprint density at radius 2 is 2.04 bits per heavy atom. The van der Waals surface area contributed by atoms with Crippen molar-refractivity contribution in [2.24, 2.45) is 5.73 Å². The van der Waals surface area contributed by atoms with Gasteiger partial charge >= 0.3 is 5.97 Å². The Bertz CT molecular complexity index is 519. The number of hydrogen-bond acceptors (Lipinski definition) is 4. The molecule has 23 heavy (non-hydrogen) atoms. The average Bonchev–Trinajstić information content (AvgIpc) is 2.69. The molecule has 1 aromatic rings. The minimum atomic E-state index is -1.09. The van der Waals surface area contributed by atoms with E-state index < -0.39 is 8.07 Å². The zero-order valence-corrected chi connectivity index (χ0v) is 16.4. The van der Waals surface area contributed by atoms with Crippen LogP contribution in [0.25, 0.3) is 0 Å². The van der Waals surface area contributed by atoms with Gasteiger partial charge in [0.05, 0.1) is 12.2 Å². The Balaban J connectivity index is 2.85. The van der Waals surface area contributed by atoms with Crippen molar-refractivity contribution < 1.29 is 14.3 Å². The van der Waals surface area contributed by atoms with Gasteiger partial charge in [-0.05, 0) is 38.8 Å². The number of esters is 1. The third kappa shape index (κ3) is 6.49. The second kappa shape index (κ2) is 8.66. The van der Waals surface area contributed by atoms with E-state index in [-0.39, 0.29) is 12.0 Å². The summed E-state index contributed by atoms with van der Waals surface area (Å²) in [5, 5.41) is 0. The molecule has 1 atom stereocenters. The van der Waals surface area contributed by atoms with Crippen molar-refractivity contribution in [3.63, 3.8) is 0 Å². The summed E-state index contributed by atoms with van der Waals surface area (Å²) in [7, 11) is -1.09. The van der Waals surface area contributed by atoms with Gasteiger partial charge < -0.3 is 19.8 Å². The van der Waals surface area contributed by atoms with E-state index >= 15 is 0 Å². The maximum atomic E-state index is 12.2. The van der Waals surface area contributed by atoms with Crippen LogP contribution in [0.4, 0.5) is 0 Å². The standard InChI is InChI=1S/C17H32N2O3Si/c1-7-22-17(20)16-14(3)19(11-15(16)10-13(2)18)12-21-8-9-23(4,5)6/h11,13H,7-10,12,18H2,1-6H3. The van der Waals surface area contributed by atoms with Crippen LogP contribution in [0, 0.1) is 6.92 Å². The van der Waals surface area contributed by atoms with Crippen molar-refractivity contribution in [2.45, 2.75) is 65.6 Å². The lowest BCUT2D eigenvalue weighted by molar-refractivity contribution is 0.0522. The molecule has 0 bridgehead atoms. The molecule has 0 aliphatic carbocycles. The summed E-state index contributed by atoms with van der Waals surface area (Å²) in [5.41, 5.74) is 8.36. The largest absolute Gasteiger partial charge is 0.462 e. The lowest BCUT2D eigenvalue weighted by Crippen LogP contribution is -2.22. The van der Waals surface area contributed by atoms with Crippen molar-refractivity contribution in [1.82, 2.24) is 4.57 Å². The van der Waals surface area contributed by atoms with E-state index in [0.717, 1.165) is 23.9 Å². The SMILES string of the molecule is CCOC(=O)c1c(CC(C)N)cn(COCC[Si](C)(C)C)c1C. The molecule has 0 amide bonds. The van der Waals surface area contributed by atoms with Crippen LogP contribution in [-0.4, -0.2) is 37.9 Å². The number of carbonyl (C=O) groups excluding carboxylic acids is 1. The maximum absolute atomic E-state index is 12.2. The molecule has 1 unspecified atom stereocenters. The number of nitrogens with zero attached hydrogens (tertiary/aromatic N) is 1. The number of hydrogen-bond donors (Lipinski definition) is 1. The minimum absolute atomic E-state index is 0.00812. The van der Waals surface area contributed by atoms with E-state index in [4.69, 9.17) is 15.2 Å². The van der Waals surface area contributed by atoms with Crippen molar-refractivity contribution in [3.8, 4) is 0 Å². The summed E-state index contributed by atoms with van der Waals surface area (Å²) >= 11 is 0. The van der Waals surface area contributed by atoms with E-state index in [0.29, 0.717) is 25.3 Å². The van der Waals surface area contributed by atoms with Gasteiger partial charge in [-0.3, -0.25) is 0 Å². The van der Waals surface area contributed by atoms with Crippen molar-refractivity contribution in [3.05, 3.63) is 23.0 Å². The van der Waals surface area contributed by atoms with E-state index in [1.165, 1.54) is 0 Å². The first kappa shape index (κ1) is 19.9. The van der Waals surface area contributed by atoms with E-state index in [1.807, 2.05) is 31.5 Å². The third-order valence-corrected chi connectivity index (χ3v) is 5.38. The molecule has 0 aromatic carbocycles. The highest BCUT2D eigenvalue weighted by Crippen LogP contribution is 2.20. The van der Waals surface area contributed by atoms with Gasteiger partial charge in [0.15, 0.2) is 0 Å². The minimum Gasteiger partial charge on any atom is -0.462 e. The van der Waals surface area contributed by atoms with Crippen LogP contribution in [0.15, 0.2) is 6.20 Å². The van der Waals surface area contributed by atoms with Gasteiger partial charge in [-0.1, -0.05) is 19.6 Å². The summed E-state index contributed by atoms with van der Waals surface area (Å²) in [6.45, 7) is 14.3. The maximum Gasteiger partial charge on any atom is 0.340 e. The molecular weight excluding hydrogens is 308 g/mol. The fourth-order valence-corrected chi connectivity index (χ4v) is 3.14. The number of rotatable bonds is 9. The molecule has 5 nitrogen and oxygen atoms in total. The molecule has 0 radical (unpaired) electrons. The molecular formula is C17H32N2O3Si. The predicted molar refractivity (Wildman–Crippen MR) is 96.6 cm³/mol. The van der Waals surface area contributed by atoms with Crippen LogP contribution in [0.2, 0.25) is 25.7 Å². The third-order valence-electron chi connectivity index (χ3n) is 3.67. The molecule has 6 heteroatoms. The van der Waals surface area contributed by atoms with E-state index in [2.05, 4.69) is 19.6 Å². The molecule has 0 spiro atoms. The summed E-state index contributed by atoms with van der Waals surface area (Å²) in [6, 6.07) is 1.12. The zero-order valence-electron chi connectivity index (χ0n) is 15.4. The average molecular weight is 341 g/mol. The highest BCUT2D eigenvalue weighted by molar-refractivity contribution is 6.76. The normalized spacial score (nSPS) is 13.2. The van der Waals surface area contributed by atoms with Crippen molar-refractivity contribution >= 4 is 14.0 Å². The monoisotopic (exact) mass is 340 g/mol. The molecule has 132 valence electrons. The first-order valence-corrected chi connectivity index (χ1v) is 12.1. The molecule has 1 heterocycles. The molecule has 0 aliphatic heterocycles. The van der Waals surface area contributed by atoms with E-state index in [9.17, 15) is 4.79 Å². The van der Waals surface area contributed by atoms with Crippen LogP contribution in [0.1, 0.15) is 35.5 Å². The Kier molecular flexibility index (Phi) is 7.50. The van der Waals surface area contributed by atoms with Gasteiger partial charge in [0.25, 0.3) is 0 Å². The van der Waals surface area contributed by atoms with Gasteiger partial charge in [-0.2, -0.15) is 0 Å². The summed E-state index contributed by atoms with van der Waals surface area (Å²) < 4.78 is 13.0. The van der Waals surface area contributed by atoms with Gasteiger partial charge in [0.1, 0.15) is 6.73 Å². The summed E-state index contributed by atoms with van der Waals surface area (Å²) in [5.74, 6) is -0.276. The molecule has 0 aliphatic rings. The molecule has 0 saturated carbocycles. The highest BCUT2D eigenvalue weighted by Gasteiger charge is 2.21. The van der Waals surface area contributed by atoms with E-state index in [1.54, 1.807) is 0 Å². The Labute approximate surface area is 141 Å². The molecule has 2 N–H and O–H groups in total. The van der Waals surface area contributed by atoms with Crippen molar-refractivity contribution in [2.75, 3.05) is 13.2 Å². The number of nitrogens with two attached hydrogens (primary N) is 1. The Hall–Kier alpha value is -1.11. The highest BCUT2D eigenvalue weighted by atomic mass is 28.3. The smallest absolute Gasteiger partial charge is 0.340 e. The molecule has 0 fully saturated rings. The number of aromatic nitrogens is 1. The van der Waals surface area contributed by atoms with Crippen molar-refractivity contribution in [1.29, 1.82) is 0 Å². The van der Waals surface area contributed by atoms with Crippen LogP contribution >= 0.6 is 0 Å². The van der Waals surface area contributed by atoms with Crippen LogP contribution in [-0.2, 0) is 22.6 Å². The first-order valence-electron chi connectivity index (χ1n) is 8.34. The molecule has 0 saturated heterocycles. The topological polar surface area (TPSA) is 66.5 Å². The number of ether oxygens (including phenoxy) is 2. The number of carbonyl (C=O) groups is 1. The lowest BCUT2D eigenvalue weighted by atomic mass is 10.1. The summed E-state index contributed by atoms with van der Waals surface area (Å²) in [4.78, 5) is 12.2.